The van der Waals surface area contributed by atoms with Crippen molar-refractivity contribution < 1.29 is 8.78 Å². The van der Waals surface area contributed by atoms with Gasteiger partial charge in [0.25, 0.3) is 5.92 Å². The molecule has 0 aromatic carbocycles. The van der Waals surface area contributed by atoms with E-state index in [4.69, 9.17) is 0 Å². The van der Waals surface area contributed by atoms with E-state index in [1.54, 1.807) is 0 Å². The molecule has 0 saturated heterocycles. The highest BCUT2D eigenvalue weighted by molar-refractivity contribution is 5.13. The minimum Gasteiger partial charge on any atom is -0.254 e. The van der Waals surface area contributed by atoms with Gasteiger partial charge in [0.05, 0.1) is 6.20 Å². The predicted octanol–water partition coefficient (Wildman–Crippen LogP) is 1.99. The van der Waals surface area contributed by atoms with Crippen LogP contribution >= 0.6 is 0 Å². The van der Waals surface area contributed by atoms with Crippen LogP contribution in [0.15, 0.2) is 18.3 Å². The molecule has 1 aromatic rings. The first-order valence-corrected chi connectivity index (χ1v) is 2.81. The second kappa shape index (κ2) is 2.33. The van der Waals surface area contributed by atoms with Crippen LogP contribution in [0.1, 0.15) is 12.5 Å². The first-order chi connectivity index (χ1) is 4.61. The summed E-state index contributed by atoms with van der Waals surface area (Å²) in [7, 11) is 0. The Balaban J connectivity index is 2.97. The van der Waals surface area contributed by atoms with E-state index in [0.29, 0.717) is 0 Å². The van der Waals surface area contributed by atoms with E-state index in [1.807, 2.05) is 0 Å². The normalized spacial score (nSPS) is 11.5. The molecule has 0 N–H and O–H groups in total. The molecule has 0 spiro atoms. The maximum absolute atomic E-state index is 12.4. The lowest BCUT2D eigenvalue weighted by Gasteiger charge is -2.07. The lowest BCUT2D eigenvalue weighted by molar-refractivity contribution is 0.0171. The zero-order valence-electron chi connectivity index (χ0n) is 5.44. The van der Waals surface area contributed by atoms with E-state index in [0.717, 1.165) is 13.1 Å². The summed E-state index contributed by atoms with van der Waals surface area (Å²) in [6.45, 7) is 0.837. The maximum atomic E-state index is 12.4. The number of rotatable bonds is 1. The Morgan fingerprint density at radius 1 is 1.60 bits per heavy atom. The van der Waals surface area contributed by atoms with Crippen molar-refractivity contribution in [1.82, 2.24) is 4.98 Å². The first kappa shape index (κ1) is 7.12. The molecular weight excluding hydrogens is 136 g/mol. The number of alkyl halides is 2. The van der Waals surface area contributed by atoms with Crippen molar-refractivity contribution in [1.29, 1.82) is 0 Å². The number of aromatic nitrogens is 1. The van der Waals surface area contributed by atoms with Gasteiger partial charge >= 0.3 is 0 Å². The van der Waals surface area contributed by atoms with Gasteiger partial charge in [-0.15, -0.1) is 0 Å². The summed E-state index contributed by atoms with van der Waals surface area (Å²) >= 11 is 0. The average molecular weight is 142 g/mol. The highest BCUT2D eigenvalue weighted by Crippen LogP contribution is 2.24. The molecule has 1 aromatic heterocycles. The van der Waals surface area contributed by atoms with Crippen molar-refractivity contribution in [2.75, 3.05) is 0 Å². The number of hydrogen-bond donors (Lipinski definition) is 0. The van der Waals surface area contributed by atoms with Crippen molar-refractivity contribution in [3.05, 3.63) is 30.1 Å². The summed E-state index contributed by atoms with van der Waals surface area (Å²) in [4.78, 5) is 3.45. The van der Waals surface area contributed by atoms with E-state index in [9.17, 15) is 8.78 Å². The van der Waals surface area contributed by atoms with Gasteiger partial charge in [-0.05, 0) is 12.1 Å². The van der Waals surface area contributed by atoms with Gasteiger partial charge in [0.1, 0.15) is 0 Å². The highest BCUT2D eigenvalue weighted by atomic mass is 19.3. The minimum absolute atomic E-state index is 0.0775. The summed E-state index contributed by atoms with van der Waals surface area (Å²) in [6.07, 6.45) is 3.53. The van der Waals surface area contributed by atoms with Gasteiger partial charge in [-0.3, -0.25) is 4.98 Å². The largest absolute Gasteiger partial charge is 0.272 e. The summed E-state index contributed by atoms with van der Waals surface area (Å²) in [5.41, 5.74) is -0.0775. The van der Waals surface area contributed by atoms with Gasteiger partial charge in [-0.2, -0.15) is 0 Å². The molecular formula is C7H6F2N. The summed E-state index contributed by atoms with van der Waals surface area (Å²) < 4.78 is 24.8. The van der Waals surface area contributed by atoms with Crippen molar-refractivity contribution >= 4 is 0 Å². The van der Waals surface area contributed by atoms with Crippen LogP contribution in [0.4, 0.5) is 8.78 Å². The molecule has 0 aliphatic carbocycles. The SMILES string of the molecule is CC(F)(F)c1cc[c]nc1. The van der Waals surface area contributed by atoms with E-state index in [-0.39, 0.29) is 5.56 Å². The zero-order chi connectivity index (χ0) is 7.61. The lowest BCUT2D eigenvalue weighted by atomic mass is 10.2. The Kier molecular flexibility index (Phi) is 1.66. The topological polar surface area (TPSA) is 12.9 Å². The van der Waals surface area contributed by atoms with Crippen LogP contribution in [0, 0.1) is 6.20 Å². The minimum atomic E-state index is -2.79. The number of halogens is 2. The fourth-order valence-electron chi connectivity index (χ4n) is 0.580. The molecule has 1 heterocycles. The average Bonchev–Trinajstić information content (AvgIpc) is 1.88. The quantitative estimate of drug-likeness (QED) is 0.584. The predicted molar refractivity (Wildman–Crippen MR) is 32.6 cm³/mol. The Hall–Kier alpha value is -0.990. The van der Waals surface area contributed by atoms with Crippen molar-refractivity contribution in [2.45, 2.75) is 12.8 Å². The first-order valence-electron chi connectivity index (χ1n) is 2.81. The Morgan fingerprint density at radius 2 is 2.30 bits per heavy atom. The molecule has 1 rings (SSSR count). The number of nitrogens with zero attached hydrogens (tertiary/aromatic N) is 1. The van der Waals surface area contributed by atoms with Crippen molar-refractivity contribution in [3.8, 4) is 0 Å². The molecule has 0 aliphatic rings. The van der Waals surface area contributed by atoms with Gasteiger partial charge in [0.15, 0.2) is 0 Å². The van der Waals surface area contributed by atoms with Crippen LogP contribution in [0.25, 0.3) is 0 Å². The van der Waals surface area contributed by atoms with Crippen molar-refractivity contribution in [2.24, 2.45) is 0 Å². The van der Waals surface area contributed by atoms with Gasteiger partial charge in [-0.1, -0.05) is 0 Å². The van der Waals surface area contributed by atoms with Crippen molar-refractivity contribution in [3.63, 3.8) is 0 Å². The fourth-order valence-corrected chi connectivity index (χ4v) is 0.580. The smallest absolute Gasteiger partial charge is 0.254 e. The summed E-state index contributed by atoms with van der Waals surface area (Å²) in [5, 5.41) is 0. The highest BCUT2D eigenvalue weighted by Gasteiger charge is 2.23. The van der Waals surface area contributed by atoms with Gasteiger partial charge < -0.3 is 0 Å². The zero-order valence-corrected chi connectivity index (χ0v) is 5.44. The van der Waals surface area contributed by atoms with E-state index in [1.165, 1.54) is 12.1 Å². The van der Waals surface area contributed by atoms with Crippen LogP contribution in [0.2, 0.25) is 0 Å². The van der Waals surface area contributed by atoms with E-state index >= 15 is 0 Å². The maximum Gasteiger partial charge on any atom is 0.272 e. The molecule has 0 bridgehead atoms. The molecule has 3 heteroatoms. The van der Waals surface area contributed by atoms with Crippen LogP contribution in [0.5, 0.6) is 0 Å². The van der Waals surface area contributed by atoms with Crippen LogP contribution in [-0.4, -0.2) is 4.98 Å². The van der Waals surface area contributed by atoms with E-state index < -0.39 is 5.92 Å². The summed E-state index contributed by atoms with van der Waals surface area (Å²) in [5.74, 6) is -2.79. The molecule has 0 saturated carbocycles. The molecule has 0 atom stereocenters. The molecule has 10 heavy (non-hydrogen) atoms. The second-order valence-electron chi connectivity index (χ2n) is 2.06. The van der Waals surface area contributed by atoms with E-state index in [2.05, 4.69) is 11.2 Å². The van der Waals surface area contributed by atoms with Crippen LogP contribution < -0.4 is 0 Å². The molecule has 0 aliphatic heterocycles. The third-order valence-electron chi connectivity index (χ3n) is 1.12. The molecule has 1 radical (unpaired) electrons. The lowest BCUT2D eigenvalue weighted by Crippen LogP contribution is -2.06. The molecule has 0 fully saturated rings. The molecule has 0 unspecified atom stereocenters. The Bertz CT molecular complexity index is 203. The molecule has 53 valence electrons. The van der Waals surface area contributed by atoms with Gasteiger partial charge in [-0.25, -0.2) is 8.78 Å². The Labute approximate surface area is 57.7 Å². The molecule has 1 nitrogen and oxygen atoms in total. The van der Waals surface area contributed by atoms with Crippen LogP contribution in [-0.2, 0) is 5.92 Å². The third-order valence-corrected chi connectivity index (χ3v) is 1.12. The monoisotopic (exact) mass is 142 g/mol. The number of hydrogen-bond acceptors (Lipinski definition) is 1. The number of pyridine rings is 1. The van der Waals surface area contributed by atoms with Gasteiger partial charge in [0, 0.05) is 18.7 Å². The van der Waals surface area contributed by atoms with Crippen LogP contribution in [0.3, 0.4) is 0 Å². The fraction of sp³-hybridized carbons (Fsp3) is 0.286. The Morgan fingerprint density at radius 3 is 2.60 bits per heavy atom. The second-order valence-corrected chi connectivity index (χ2v) is 2.06. The third kappa shape index (κ3) is 1.50. The van der Waals surface area contributed by atoms with Gasteiger partial charge in [0.2, 0.25) is 0 Å². The standard InChI is InChI=1S/C7H6F2N/c1-7(8,9)6-3-2-4-10-5-6/h2-3,5H,1H3. The summed E-state index contributed by atoms with van der Waals surface area (Å²) in [6, 6.07) is 2.67. The molecule has 0 amide bonds.